The number of carbonyl (C=O) groups is 4. The van der Waals surface area contributed by atoms with Gasteiger partial charge in [-0.2, -0.15) is 0 Å². The monoisotopic (exact) mass is 569 g/mol. The number of carbonyl (C=O) groups excluding carboxylic acids is 4. The van der Waals surface area contributed by atoms with Gasteiger partial charge in [0.15, 0.2) is 10.8 Å². The van der Waals surface area contributed by atoms with E-state index in [9.17, 15) is 29.5 Å². The molecule has 3 amide bonds. The Kier molecular flexibility index (Phi) is 8.84. The molecule has 38 heavy (non-hydrogen) atoms. The van der Waals surface area contributed by atoms with Crippen molar-refractivity contribution in [3.8, 4) is 0 Å². The van der Waals surface area contributed by atoms with Crippen molar-refractivity contribution in [1.82, 2.24) is 25.4 Å². The van der Waals surface area contributed by atoms with Gasteiger partial charge in [-0.05, 0) is 24.8 Å². The third-order valence-electron chi connectivity index (χ3n) is 6.69. The second-order valence-electron chi connectivity index (χ2n) is 9.01. The number of nitrogen functional groups attached to an aromatic ring is 1. The molecule has 4 aliphatic rings. The number of β-lactam (4-membered cyclic amide) rings is 1. The molecule has 13 nitrogen and oxygen atoms in total. The number of hydrogen-bond donors (Lipinski definition) is 4. The second kappa shape index (κ2) is 11.8. The summed E-state index contributed by atoms with van der Waals surface area (Å²) in [5.74, 6) is -2.65. The summed E-state index contributed by atoms with van der Waals surface area (Å²) in [5, 5.41) is 30.9. The van der Waals surface area contributed by atoms with E-state index in [1.54, 1.807) is 6.08 Å². The zero-order chi connectivity index (χ0) is 26.3. The van der Waals surface area contributed by atoms with Gasteiger partial charge in [0, 0.05) is 30.8 Å². The summed E-state index contributed by atoms with van der Waals surface area (Å²) in [4.78, 5) is 57.2. The zero-order valence-corrected chi connectivity index (χ0v) is 24.1. The van der Waals surface area contributed by atoms with Gasteiger partial charge in [0.2, 0.25) is 5.91 Å². The van der Waals surface area contributed by atoms with E-state index in [4.69, 9.17) is 5.73 Å². The number of carboxylic acids is 1. The summed E-state index contributed by atoms with van der Waals surface area (Å²) < 4.78 is 0. The maximum Gasteiger partial charge on any atom is 1.00 e. The smallest absolute Gasteiger partial charge is 0.543 e. The molecule has 1 unspecified atom stereocenters. The SMILES string of the molecule is Nc1nc(/C(=N/O)C(=O)N[C@@H]2C(=O)N3C(C(=O)[O-])=C(/C=C4\CNC(C(=O)N5CCCC5)C4)CS[C@H]23)cs1.[Na+]. The van der Waals surface area contributed by atoms with Crippen molar-refractivity contribution >= 4 is 57.6 Å². The summed E-state index contributed by atoms with van der Waals surface area (Å²) in [7, 11) is 0. The van der Waals surface area contributed by atoms with Crippen molar-refractivity contribution in [1.29, 1.82) is 0 Å². The van der Waals surface area contributed by atoms with Gasteiger partial charge in [0.1, 0.15) is 17.1 Å². The minimum Gasteiger partial charge on any atom is -0.543 e. The predicted molar refractivity (Wildman–Crippen MR) is 132 cm³/mol. The number of thiazole rings is 1. The molecule has 0 spiro atoms. The molecule has 196 valence electrons. The molecule has 3 saturated heterocycles. The molecule has 5 heterocycles. The van der Waals surface area contributed by atoms with Crippen molar-refractivity contribution in [3.63, 3.8) is 0 Å². The van der Waals surface area contributed by atoms with Crippen molar-refractivity contribution in [2.24, 2.45) is 5.16 Å². The first-order valence-electron chi connectivity index (χ1n) is 11.6. The minimum atomic E-state index is -1.50. The number of aromatic nitrogens is 1. The average molecular weight is 570 g/mol. The number of fused-ring (bicyclic) bond motifs is 1. The molecule has 0 bridgehead atoms. The Labute approximate surface area is 247 Å². The molecule has 4 aliphatic heterocycles. The van der Waals surface area contributed by atoms with Crippen LogP contribution in [0.1, 0.15) is 25.0 Å². The molecule has 5 rings (SSSR count). The van der Waals surface area contributed by atoms with Crippen LogP contribution in [0.5, 0.6) is 0 Å². The summed E-state index contributed by atoms with van der Waals surface area (Å²) in [6, 6.07) is -1.37. The number of rotatable bonds is 6. The van der Waals surface area contributed by atoms with E-state index >= 15 is 0 Å². The molecule has 16 heteroatoms. The first-order chi connectivity index (χ1) is 17.8. The number of likely N-dealkylation sites (tertiary alicyclic amines) is 1. The fraction of sp³-hybridized carbons (Fsp3) is 0.455. The second-order valence-corrected chi connectivity index (χ2v) is 11.0. The van der Waals surface area contributed by atoms with Crippen molar-refractivity contribution in [2.75, 3.05) is 31.1 Å². The molecule has 3 atom stereocenters. The number of allylic oxidation sites excluding steroid dienone is 1. The van der Waals surface area contributed by atoms with Crippen LogP contribution in [0, 0.1) is 0 Å². The number of thioether (sulfide) groups is 1. The minimum absolute atomic E-state index is 0. The third kappa shape index (κ3) is 5.35. The summed E-state index contributed by atoms with van der Waals surface area (Å²) in [6.07, 6.45) is 4.19. The van der Waals surface area contributed by atoms with Crippen LogP contribution < -0.4 is 51.0 Å². The van der Waals surface area contributed by atoms with Crippen molar-refractivity contribution in [2.45, 2.75) is 36.7 Å². The largest absolute Gasteiger partial charge is 1.00 e. The molecule has 0 aromatic carbocycles. The Balaban J connectivity index is 0.00000336. The molecule has 3 fully saturated rings. The zero-order valence-electron chi connectivity index (χ0n) is 20.5. The number of hydrogen-bond acceptors (Lipinski definition) is 12. The summed E-state index contributed by atoms with van der Waals surface area (Å²) >= 11 is 2.34. The van der Waals surface area contributed by atoms with Crippen LogP contribution in [-0.4, -0.2) is 92.2 Å². The van der Waals surface area contributed by atoms with E-state index in [0.29, 0.717) is 18.5 Å². The van der Waals surface area contributed by atoms with Crippen LogP contribution >= 0.6 is 23.1 Å². The predicted octanol–water partition coefficient (Wildman–Crippen LogP) is -4.78. The average Bonchev–Trinajstić information content (AvgIpc) is 3.65. The first-order valence-corrected chi connectivity index (χ1v) is 13.6. The molecular weight excluding hydrogens is 545 g/mol. The molecule has 1 aromatic heterocycles. The van der Waals surface area contributed by atoms with Crippen LogP contribution in [0.15, 0.2) is 33.5 Å². The van der Waals surface area contributed by atoms with Gasteiger partial charge in [-0.25, -0.2) is 4.98 Å². The van der Waals surface area contributed by atoms with E-state index < -0.39 is 34.9 Å². The van der Waals surface area contributed by atoms with Crippen LogP contribution in [0.4, 0.5) is 5.13 Å². The Hall–Kier alpha value is -2.43. The van der Waals surface area contributed by atoms with Crippen LogP contribution in [0.25, 0.3) is 0 Å². The first kappa shape index (κ1) is 28.6. The number of anilines is 1. The van der Waals surface area contributed by atoms with Crippen LogP contribution in [0.3, 0.4) is 0 Å². The number of nitrogens with one attached hydrogen (secondary N) is 2. The number of aliphatic carboxylic acids is 1. The normalized spacial score (nSPS) is 26.2. The van der Waals surface area contributed by atoms with Gasteiger partial charge in [-0.15, -0.1) is 23.1 Å². The Morgan fingerprint density at radius 2 is 2.05 bits per heavy atom. The molecule has 5 N–H and O–H groups in total. The standard InChI is InChI=1S/C22H25N7O6S2.Na/c23-22-25-13(9-37-22)14(27-35)17(30)26-15-19(32)29-16(21(33)34)11(8-36-20(15)29)5-10-6-12(24-7-10)18(31)28-3-1-2-4-28;/h5,9,12,15,20,24,35H,1-4,6-8H2,(H2,23,25)(H,26,30)(H,33,34);/q;+1/p-1/b10-5-,27-14-;/t12?,15-,20-;/m1./s1. The maximum atomic E-state index is 12.9. The Morgan fingerprint density at radius 3 is 2.68 bits per heavy atom. The van der Waals surface area contributed by atoms with Gasteiger partial charge in [-0.3, -0.25) is 19.3 Å². The molecule has 0 aliphatic carbocycles. The molecule has 1 aromatic rings. The number of amides is 3. The van der Waals surface area contributed by atoms with E-state index in [0.717, 1.165) is 47.7 Å². The Morgan fingerprint density at radius 1 is 1.32 bits per heavy atom. The van der Waals surface area contributed by atoms with Crippen LogP contribution in [0.2, 0.25) is 0 Å². The quantitative estimate of drug-likeness (QED) is 0.0850. The van der Waals surface area contributed by atoms with Crippen molar-refractivity contribution in [3.05, 3.63) is 34.0 Å². The van der Waals surface area contributed by atoms with Gasteiger partial charge in [0.25, 0.3) is 11.8 Å². The fourth-order valence-corrected chi connectivity index (χ4v) is 6.77. The Bertz CT molecular complexity index is 1260. The third-order valence-corrected chi connectivity index (χ3v) is 8.67. The van der Waals surface area contributed by atoms with Gasteiger partial charge >= 0.3 is 29.6 Å². The van der Waals surface area contributed by atoms with E-state index in [1.807, 2.05) is 4.90 Å². The number of carboxylic acid groups (broad SMARTS) is 1. The van der Waals surface area contributed by atoms with Gasteiger partial charge in [0.05, 0.1) is 17.7 Å². The number of nitrogens with two attached hydrogens (primary N) is 1. The topological polar surface area (TPSA) is 193 Å². The fourth-order valence-electron chi connectivity index (χ4n) is 4.91. The molecule has 0 radical (unpaired) electrons. The van der Waals surface area contributed by atoms with Crippen molar-refractivity contribution < 1.29 is 59.0 Å². The van der Waals surface area contributed by atoms with Crippen LogP contribution in [-0.2, 0) is 19.2 Å². The molecular formula is C22H24N7NaO6S2. The summed E-state index contributed by atoms with van der Waals surface area (Å²) in [5.41, 5.74) is 6.25. The van der Waals surface area contributed by atoms with Gasteiger partial charge < -0.3 is 36.4 Å². The summed E-state index contributed by atoms with van der Waals surface area (Å²) in [6.45, 7) is 1.96. The number of oxime groups is 1. The molecule has 0 saturated carbocycles. The van der Waals surface area contributed by atoms with Gasteiger partial charge in [-0.1, -0.05) is 16.8 Å². The maximum absolute atomic E-state index is 12.9. The van der Waals surface area contributed by atoms with E-state index in [-0.39, 0.29) is 63.8 Å². The number of nitrogens with zero attached hydrogens (tertiary/aromatic N) is 4. The van der Waals surface area contributed by atoms with E-state index in [2.05, 4.69) is 20.8 Å². The van der Waals surface area contributed by atoms with E-state index in [1.165, 1.54) is 17.1 Å².